The Balaban J connectivity index is 3.34. The van der Waals surface area contributed by atoms with Gasteiger partial charge in [-0.1, -0.05) is 0 Å². The molecule has 0 fully saturated rings. The summed E-state index contributed by atoms with van der Waals surface area (Å²) in [6.07, 6.45) is -3.17. The van der Waals surface area contributed by atoms with E-state index in [9.17, 15) is 13.6 Å². The van der Waals surface area contributed by atoms with Gasteiger partial charge in [-0.25, -0.2) is 13.8 Å². The van der Waals surface area contributed by atoms with E-state index in [1.54, 1.807) is 6.07 Å². The van der Waals surface area contributed by atoms with Crippen LogP contribution in [0.2, 0.25) is 0 Å². The number of alkyl halides is 2. The standard InChI is InChI=1S/C11H11F2N3O2/c1-18-9(17)3-6-2-7(4-14)16-10(11(12)13)8(6)5-15/h2,11H,3-4,14H2,1H3. The number of nitriles is 1. The monoisotopic (exact) mass is 255 g/mol. The highest BCUT2D eigenvalue weighted by molar-refractivity contribution is 5.73. The highest BCUT2D eigenvalue weighted by atomic mass is 19.3. The zero-order valence-electron chi connectivity index (χ0n) is 9.61. The van der Waals surface area contributed by atoms with Gasteiger partial charge in [-0.05, 0) is 11.6 Å². The van der Waals surface area contributed by atoms with Crippen molar-refractivity contribution in [1.82, 2.24) is 4.98 Å². The summed E-state index contributed by atoms with van der Waals surface area (Å²) in [5.74, 6) is -0.624. The fourth-order valence-corrected chi connectivity index (χ4v) is 1.44. The zero-order chi connectivity index (χ0) is 13.7. The lowest BCUT2D eigenvalue weighted by molar-refractivity contribution is -0.139. The first-order valence-electron chi connectivity index (χ1n) is 5.01. The van der Waals surface area contributed by atoms with Crippen LogP contribution in [0.4, 0.5) is 8.78 Å². The third kappa shape index (κ3) is 2.99. The van der Waals surface area contributed by atoms with Gasteiger partial charge in [-0.3, -0.25) is 4.79 Å². The molecule has 5 nitrogen and oxygen atoms in total. The predicted molar refractivity (Wildman–Crippen MR) is 57.5 cm³/mol. The van der Waals surface area contributed by atoms with E-state index in [4.69, 9.17) is 11.0 Å². The molecule has 0 aliphatic rings. The molecule has 0 saturated heterocycles. The molecular formula is C11H11F2N3O2. The largest absolute Gasteiger partial charge is 0.469 e. The number of carbonyl (C=O) groups excluding carboxylic acids is 1. The Bertz CT molecular complexity index is 498. The van der Waals surface area contributed by atoms with Crippen LogP contribution in [0.5, 0.6) is 0 Å². The Morgan fingerprint density at radius 1 is 1.67 bits per heavy atom. The smallest absolute Gasteiger partial charge is 0.310 e. The van der Waals surface area contributed by atoms with E-state index in [2.05, 4.69) is 9.72 Å². The average Bonchev–Trinajstić information content (AvgIpc) is 2.37. The minimum absolute atomic E-state index is 0.0560. The van der Waals surface area contributed by atoms with Crippen molar-refractivity contribution in [3.8, 4) is 6.07 Å². The molecule has 0 bridgehead atoms. The number of hydrogen-bond donors (Lipinski definition) is 1. The lowest BCUT2D eigenvalue weighted by Gasteiger charge is -2.10. The van der Waals surface area contributed by atoms with E-state index in [0.717, 1.165) is 0 Å². The first-order chi connectivity index (χ1) is 8.53. The fraction of sp³-hybridized carbons (Fsp3) is 0.364. The van der Waals surface area contributed by atoms with Gasteiger partial charge < -0.3 is 10.5 Å². The highest BCUT2D eigenvalue weighted by Crippen LogP contribution is 2.24. The van der Waals surface area contributed by atoms with Gasteiger partial charge in [0.1, 0.15) is 11.8 Å². The molecule has 0 unspecified atom stereocenters. The number of pyridine rings is 1. The molecule has 0 aliphatic heterocycles. The van der Waals surface area contributed by atoms with Crippen LogP contribution >= 0.6 is 0 Å². The molecule has 0 spiro atoms. The number of nitrogens with zero attached hydrogens (tertiary/aromatic N) is 2. The van der Waals surface area contributed by atoms with Gasteiger partial charge in [0, 0.05) is 6.54 Å². The molecule has 0 amide bonds. The molecule has 96 valence electrons. The Morgan fingerprint density at radius 3 is 2.78 bits per heavy atom. The SMILES string of the molecule is COC(=O)Cc1cc(CN)nc(C(F)F)c1C#N. The van der Waals surface area contributed by atoms with E-state index in [0.29, 0.717) is 0 Å². The van der Waals surface area contributed by atoms with Crippen LogP contribution in [-0.4, -0.2) is 18.1 Å². The van der Waals surface area contributed by atoms with Crippen molar-refractivity contribution in [2.75, 3.05) is 7.11 Å². The van der Waals surface area contributed by atoms with Crippen LogP contribution in [0.3, 0.4) is 0 Å². The second-order valence-corrected chi connectivity index (χ2v) is 3.40. The van der Waals surface area contributed by atoms with Crippen LogP contribution in [0.1, 0.15) is 28.9 Å². The van der Waals surface area contributed by atoms with Crippen molar-refractivity contribution < 1.29 is 18.3 Å². The summed E-state index contributed by atoms with van der Waals surface area (Å²) in [5.41, 5.74) is 4.73. The Labute approximate surface area is 102 Å². The molecule has 2 N–H and O–H groups in total. The normalized spacial score (nSPS) is 10.2. The summed E-state index contributed by atoms with van der Waals surface area (Å²) in [7, 11) is 1.17. The van der Waals surface area contributed by atoms with Gasteiger partial charge in [0.25, 0.3) is 6.43 Å². The van der Waals surface area contributed by atoms with E-state index < -0.39 is 18.1 Å². The lowest BCUT2D eigenvalue weighted by Crippen LogP contribution is -2.12. The van der Waals surface area contributed by atoms with Crippen molar-refractivity contribution in [1.29, 1.82) is 5.26 Å². The van der Waals surface area contributed by atoms with Crippen LogP contribution in [0.25, 0.3) is 0 Å². The van der Waals surface area contributed by atoms with Crippen molar-refractivity contribution in [3.05, 3.63) is 28.6 Å². The van der Waals surface area contributed by atoms with Gasteiger partial charge in [0.05, 0.1) is 24.8 Å². The summed E-state index contributed by atoms with van der Waals surface area (Å²) in [4.78, 5) is 14.8. The number of carbonyl (C=O) groups is 1. The van der Waals surface area contributed by atoms with E-state index >= 15 is 0 Å². The van der Waals surface area contributed by atoms with Crippen molar-refractivity contribution in [2.24, 2.45) is 5.73 Å². The first kappa shape index (κ1) is 14.0. The number of aromatic nitrogens is 1. The molecule has 1 aromatic heterocycles. The molecule has 7 heteroatoms. The third-order valence-electron chi connectivity index (χ3n) is 2.27. The summed E-state index contributed by atoms with van der Waals surface area (Å²) < 4.78 is 30.0. The number of ether oxygens (including phenoxy) is 1. The lowest BCUT2D eigenvalue weighted by atomic mass is 10.0. The van der Waals surface area contributed by atoms with E-state index in [-0.39, 0.29) is 29.8 Å². The van der Waals surface area contributed by atoms with E-state index in [1.165, 1.54) is 13.2 Å². The predicted octanol–water partition coefficient (Wildman–Crippen LogP) is 1.07. The molecule has 0 aromatic carbocycles. The van der Waals surface area contributed by atoms with Crippen LogP contribution < -0.4 is 5.73 Å². The maximum Gasteiger partial charge on any atom is 0.310 e. The summed E-state index contributed by atoms with van der Waals surface area (Å²) in [6, 6.07) is 3.00. The molecule has 0 aliphatic carbocycles. The van der Waals surface area contributed by atoms with Crippen molar-refractivity contribution >= 4 is 5.97 Å². The van der Waals surface area contributed by atoms with Gasteiger partial charge in [0.2, 0.25) is 0 Å². The van der Waals surface area contributed by atoms with Crippen LogP contribution in [-0.2, 0) is 22.5 Å². The second-order valence-electron chi connectivity index (χ2n) is 3.40. The second kappa shape index (κ2) is 6.02. The summed E-state index contributed by atoms with van der Waals surface area (Å²) >= 11 is 0. The maximum absolute atomic E-state index is 12.8. The Hall–Kier alpha value is -2.07. The van der Waals surface area contributed by atoms with Gasteiger partial charge in [-0.15, -0.1) is 0 Å². The number of methoxy groups -OCH3 is 1. The molecule has 18 heavy (non-hydrogen) atoms. The molecule has 0 radical (unpaired) electrons. The van der Waals surface area contributed by atoms with E-state index in [1.807, 2.05) is 0 Å². The molecule has 1 heterocycles. The molecule has 0 atom stereocenters. The molecular weight excluding hydrogens is 244 g/mol. The van der Waals surface area contributed by atoms with Crippen molar-refractivity contribution in [3.63, 3.8) is 0 Å². The third-order valence-corrected chi connectivity index (χ3v) is 2.27. The van der Waals surface area contributed by atoms with Gasteiger partial charge in [-0.2, -0.15) is 5.26 Å². The average molecular weight is 255 g/mol. The topological polar surface area (TPSA) is 89.0 Å². The molecule has 1 aromatic rings. The van der Waals surface area contributed by atoms with Crippen LogP contribution in [0, 0.1) is 11.3 Å². The molecule has 1 rings (SSSR count). The summed E-state index contributed by atoms with van der Waals surface area (Å²) in [5, 5.41) is 8.89. The minimum Gasteiger partial charge on any atom is -0.469 e. The molecule has 0 saturated carbocycles. The van der Waals surface area contributed by atoms with Gasteiger partial charge >= 0.3 is 5.97 Å². The van der Waals surface area contributed by atoms with Crippen LogP contribution in [0.15, 0.2) is 6.07 Å². The number of halogens is 2. The quantitative estimate of drug-likeness (QED) is 0.813. The number of rotatable bonds is 4. The maximum atomic E-state index is 12.8. The highest BCUT2D eigenvalue weighted by Gasteiger charge is 2.21. The van der Waals surface area contributed by atoms with Crippen molar-refractivity contribution in [2.45, 2.75) is 19.4 Å². The number of hydrogen-bond acceptors (Lipinski definition) is 5. The Kier molecular flexibility index (Phi) is 4.68. The fourth-order valence-electron chi connectivity index (χ4n) is 1.44. The summed E-state index contributed by atoms with van der Waals surface area (Å²) in [6.45, 7) is -0.0560. The minimum atomic E-state index is -2.90. The first-order valence-corrected chi connectivity index (χ1v) is 5.01. The van der Waals surface area contributed by atoms with Gasteiger partial charge in [0.15, 0.2) is 0 Å². The number of nitrogens with two attached hydrogens (primary N) is 1. The zero-order valence-corrected chi connectivity index (χ0v) is 9.61. The number of esters is 1. The Morgan fingerprint density at radius 2 is 2.33 bits per heavy atom.